The summed E-state index contributed by atoms with van der Waals surface area (Å²) < 4.78 is 1.85. The lowest BCUT2D eigenvalue weighted by Crippen LogP contribution is -2.05. The van der Waals surface area contributed by atoms with Gasteiger partial charge in [0.15, 0.2) is 0 Å². The van der Waals surface area contributed by atoms with Gasteiger partial charge in [-0.05, 0) is 25.5 Å². The van der Waals surface area contributed by atoms with Crippen LogP contribution >= 0.6 is 11.6 Å². The van der Waals surface area contributed by atoms with E-state index < -0.39 is 0 Å². The third-order valence-corrected chi connectivity index (χ3v) is 3.45. The Balaban J connectivity index is 2.10. The van der Waals surface area contributed by atoms with Crippen molar-refractivity contribution in [3.8, 4) is 0 Å². The molecule has 1 N–H and O–H groups in total. The van der Waals surface area contributed by atoms with Crippen molar-refractivity contribution >= 4 is 17.3 Å². The van der Waals surface area contributed by atoms with Crippen LogP contribution in [0.4, 0.5) is 5.69 Å². The highest BCUT2D eigenvalue weighted by Crippen LogP contribution is 2.21. The maximum Gasteiger partial charge on any atom is 0.0868 e. The Kier molecular flexibility index (Phi) is 3.92. The van der Waals surface area contributed by atoms with Crippen molar-refractivity contribution in [2.75, 3.05) is 5.32 Å². The summed E-state index contributed by atoms with van der Waals surface area (Å²) in [5.41, 5.74) is 4.33. The van der Waals surface area contributed by atoms with Gasteiger partial charge >= 0.3 is 0 Å². The van der Waals surface area contributed by atoms with Gasteiger partial charge in [0.1, 0.15) is 0 Å². The van der Waals surface area contributed by atoms with Crippen molar-refractivity contribution in [3.63, 3.8) is 0 Å². The molecule has 0 radical (unpaired) electrons. The van der Waals surface area contributed by atoms with E-state index in [1.165, 1.54) is 5.56 Å². The van der Waals surface area contributed by atoms with E-state index in [1.807, 2.05) is 11.7 Å². The SMILES string of the molecule is CCc1nn(C)c(CNc2ccc(C)cc2)c1Cl. The number of nitrogens with zero attached hydrogens (tertiary/aromatic N) is 2. The molecule has 0 amide bonds. The Morgan fingerprint density at radius 3 is 2.50 bits per heavy atom. The maximum absolute atomic E-state index is 6.30. The van der Waals surface area contributed by atoms with Crippen molar-refractivity contribution in [1.82, 2.24) is 9.78 Å². The zero-order valence-electron chi connectivity index (χ0n) is 11.0. The zero-order chi connectivity index (χ0) is 13.1. The number of rotatable bonds is 4. The normalized spacial score (nSPS) is 10.7. The summed E-state index contributed by atoms with van der Waals surface area (Å²) in [6.45, 7) is 4.83. The molecule has 0 unspecified atom stereocenters. The van der Waals surface area contributed by atoms with Crippen molar-refractivity contribution in [2.24, 2.45) is 7.05 Å². The minimum Gasteiger partial charge on any atom is -0.379 e. The highest BCUT2D eigenvalue weighted by atomic mass is 35.5. The van der Waals surface area contributed by atoms with Gasteiger partial charge in [0.2, 0.25) is 0 Å². The van der Waals surface area contributed by atoms with Crippen LogP contribution in [0.2, 0.25) is 5.02 Å². The summed E-state index contributed by atoms with van der Waals surface area (Å²) in [6, 6.07) is 8.32. The van der Waals surface area contributed by atoms with Gasteiger partial charge < -0.3 is 5.32 Å². The molecule has 1 aromatic heterocycles. The van der Waals surface area contributed by atoms with Crippen LogP contribution in [0, 0.1) is 6.92 Å². The molecular formula is C14H18ClN3. The summed E-state index contributed by atoms with van der Waals surface area (Å²) in [6.07, 6.45) is 0.858. The van der Waals surface area contributed by atoms with E-state index in [0.29, 0.717) is 6.54 Å². The molecule has 3 nitrogen and oxygen atoms in total. The van der Waals surface area contributed by atoms with Crippen LogP contribution < -0.4 is 5.32 Å². The van der Waals surface area contributed by atoms with Crippen LogP contribution in [0.1, 0.15) is 23.9 Å². The zero-order valence-corrected chi connectivity index (χ0v) is 11.8. The molecule has 96 valence electrons. The van der Waals surface area contributed by atoms with Crippen LogP contribution in [-0.4, -0.2) is 9.78 Å². The third-order valence-electron chi connectivity index (χ3n) is 3.01. The molecule has 0 bridgehead atoms. The number of benzene rings is 1. The van der Waals surface area contributed by atoms with E-state index >= 15 is 0 Å². The molecular weight excluding hydrogens is 246 g/mol. The van der Waals surface area contributed by atoms with Gasteiger partial charge in [-0.1, -0.05) is 36.2 Å². The molecule has 0 saturated carbocycles. The van der Waals surface area contributed by atoms with Gasteiger partial charge in [0, 0.05) is 12.7 Å². The molecule has 1 heterocycles. The number of halogens is 1. The molecule has 2 rings (SSSR count). The third kappa shape index (κ3) is 2.67. The first-order chi connectivity index (χ1) is 8.61. The Morgan fingerprint density at radius 1 is 1.28 bits per heavy atom. The molecule has 0 aliphatic rings. The van der Waals surface area contributed by atoms with Gasteiger partial charge in [-0.15, -0.1) is 0 Å². The Bertz CT molecular complexity index is 529. The molecule has 4 heteroatoms. The molecule has 2 aromatic rings. The second-order valence-electron chi connectivity index (χ2n) is 4.40. The first-order valence-electron chi connectivity index (χ1n) is 6.12. The fourth-order valence-electron chi connectivity index (χ4n) is 1.87. The number of anilines is 1. The number of hydrogen-bond donors (Lipinski definition) is 1. The number of aryl methyl sites for hydroxylation is 3. The fraction of sp³-hybridized carbons (Fsp3) is 0.357. The van der Waals surface area contributed by atoms with E-state index in [1.54, 1.807) is 0 Å². The molecule has 0 saturated heterocycles. The maximum atomic E-state index is 6.30. The van der Waals surface area contributed by atoms with Gasteiger partial charge in [-0.3, -0.25) is 4.68 Å². The van der Waals surface area contributed by atoms with Crippen LogP contribution in [0.5, 0.6) is 0 Å². The number of nitrogens with one attached hydrogen (secondary N) is 1. The van der Waals surface area contributed by atoms with E-state index in [-0.39, 0.29) is 0 Å². The predicted octanol–water partition coefficient (Wildman–Crippen LogP) is 3.56. The van der Waals surface area contributed by atoms with Crippen LogP contribution in [0.25, 0.3) is 0 Å². The standard InChI is InChI=1S/C14H18ClN3/c1-4-12-14(15)13(18(3)17-12)9-16-11-7-5-10(2)6-8-11/h5-8,16H,4,9H2,1-3H3. The average Bonchev–Trinajstić information content (AvgIpc) is 2.64. The van der Waals surface area contributed by atoms with Crippen LogP contribution in [0.3, 0.4) is 0 Å². The van der Waals surface area contributed by atoms with Gasteiger partial charge in [-0.2, -0.15) is 5.10 Å². The lowest BCUT2D eigenvalue weighted by atomic mass is 10.2. The Labute approximate surface area is 113 Å². The van der Waals surface area contributed by atoms with Gasteiger partial charge in [0.25, 0.3) is 0 Å². The smallest absolute Gasteiger partial charge is 0.0868 e. The van der Waals surface area contributed by atoms with E-state index in [2.05, 4.69) is 48.5 Å². The highest BCUT2D eigenvalue weighted by Gasteiger charge is 2.12. The Hall–Kier alpha value is -1.48. The van der Waals surface area contributed by atoms with E-state index in [9.17, 15) is 0 Å². The van der Waals surface area contributed by atoms with Crippen LogP contribution in [-0.2, 0) is 20.0 Å². The molecule has 0 aliphatic heterocycles. The summed E-state index contributed by atoms with van der Waals surface area (Å²) in [4.78, 5) is 0. The molecule has 0 spiro atoms. The topological polar surface area (TPSA) is 29.9 Å². The minimum atomic E-state index is 0.686. The number of aromatic nitrogens is 2. The summed E-state index contributed by atoms with van der Waals surface area (Å²) >= 11 is 6.30. The molecule has 0 fully saturated rings. The van der Waals surface area contributed by atoms with Crippen molar-refractivity contribution < 1.29 is 0 Å². The van der Waals surface area contributed by atoms with Gasteiger partial charge in [0.05, 0.1) is 23.0 Å². The largest absolute Gasteiger partial charge is 0.379 e. The first-order valence-corrected chi connectivity index (χ1v) is 6.50. The molecule has 0 aliphatic carbocycles. The van der Waals surface area contributed by atoms with Crippen molar-refractivity contribution in [1.29, 1.82) is 0 Å². The van der Waals surface area contributed by atoms with E-state index in [0.717, 1.165) is 28.5 Å². The quantitative estimate of drug-likeness (QED) is 0.914. The first kappa shape index (κ1) is 13.0. The van der Waals surface area contributed by atoms with E-state index in [4.69, 9.17) is 11.6 Å². The molecule has 0 atom stereocenters. The molecule has 18 heavy (non-hydrogen) atoms. The second-order valence-corrected chi connectivity index (χ2v) is 4.78. The molecule has 1 aromatic carbocycles. The second kappa shape index (κ2) is 5.44. The lowest BCUT2D eigenvalue weighted by Gasteiger charge is -2.07. The van der Waals surface area contributed by atoms with Crippen molar-refractivity contribution in [3.05, 3.63) is 46.2 Å². The summed E-state index contributed by atoms with van der Waals surface area (Å²) in [5.74, 6) is 0. The minimum absolute atomic E-state index is 0.686. The lowest BCUT2D eigenvalue weighted by molar-refractivity contribution is 0.707. The highest BCUT2D eigenvalue weighted by molar-refractivity contribution is 6.31. The van der Waals surface area contributed by atoms with Crippen LogP contribution in [0.15, 0.2) is 24.3 Å². The Morgan fingerprint density at radius 2 is 1.94 bits per heavy atom. The van der Waals surface area contributed by atoms with Crippen molar-refractivity contribution in [2.45, 2.75) is 26.8 Å². The summed E-state index contributed by atoms with van der Waals surface area (Å²) in [7, 11) is 1.93. The predicted molar refractivity (Wildman–Crippen MR) is 76.1 cm³/mol. The monoisotopic (exact) mass is 263 g/mol. The summed E-state index contributed by atoms with van der Waals surface area (Å²) in [5, 5.41) is 8.54. The fourth-order valence-corrected chi connectivity index (χ4v) is 2.23. The van der Waals surface area contributed by atoms with Gasteiger partial charge in [-0.25, -0.2) is 0 Å². The number of hydrogen-bond acceptors (Lipinski definition) is 2. The average molecular weight is 264 g/mol.